The fourth-order valence-electron chi connectivity index (χ4n) is 1.40. The fraction of sp³-hybridized carbons (Fsp3) is 0.250. The number of rotatable bonds is 5. The van der Waals surface area contributed by atoms with E-state index in [1.54, 1.807) is 12.1 Å². The third-order valence-corrected chi connectivity index (χ3v) is 2.44. The van der Waals surface area contributed by atoms with E-state index in [1.165, 1.54) is 13.2 Å². The second kappa shape index (κ2) is 6.27. The molecule has 1 atom stereocenters. The summed E-state index contributed by atoms with van der Waals surface area (Å²) in [6, 6.07) is 7.17. The number of methoxy groups -OCH3 is 1. The lowest BCUT2D eigenvalue weighted by Crippen LogP contribution is -2.47. The van der Waals surface area contributed by atoms with E-state index in [1.807, 2.05) is 12.1 Å². The molecule has 0 aliphatic rings. The summed E-state index contributed by atoms with van der Waals surface area (Å²) in [7, 11) is 1.53. The molecule has 1 aromatic carbocycles. The number of aliphatic carboxylic acids is 1. The Morgan fingerprint density at radius 3 is 2.65 bits per heavy atom. The number of benzene rings is 1. The van der Waals surface area contributed by atoms with Crippen molar-refractivity contribution in [3.63, 3.8) is 0 Å². The number of ether oxygens (including phenoxy) is 1. The molecule has 4 nitrogen and oxygen atoms in total. The second-order valence-corrected chi connectivity index (χ2v) is 3.54. The van der Waals surface area contributed by atoms with Gasteiger partial charge in [-0.15, -0.1) is 19.0 Å². The third kappa shape index (κ3) is 3.47. The summed E-state index contributed by atoms with van der Waals surface area (Å²) in [5.41, 5.74) is 5.00. The van der Waals surface area contributed by atoms with Gasteiger partial charge in [0.2, 0.25) is 0 Å². The lowest BCUT2D eigenvalue weighted by Gasteiger charge is -2.21. The SMILES string of the molecule is C=CC(N)(Cc1ccccc1OC)C(=O)O.Cl. The molecule has 0 amide bonds. The Morgan fingerprint density at radius 1 is 1.59 bits per heavy atom. The lowest BCUT2D eigenvalue weighted by atomic mass is 9.91. The van der Waals surface area contributed by atoms with Crippen LogP contribution in [0.5, 0.6) is 5.75 Å². The maximum absolute atomic E-state index is 11.0. The van der Waals surface area contributed by atoms with Gasteiger partial charge in [-0.2, -0.15) is 0 Å². The Bertz CT molecular complexity index is 408. The van der Waals surface area contributed by atoms with Crippen LogP contribution in [0.15, 0.2) is 36.9 Å². The average molecular weight is 258 g/mol. The maximum atomic E-state index is 11.0. The van der Waals surface area contributed by atoms with Crippen LogP contribution in [0.1, 0.15) is 5.56 Å². The maximum Gasteiger partial charge on any atom is 0.328 e. The highest BCUT2D eigenvalue weighted by molar-refractivity contribution is 5.85. The molecule has 1 aromatic rings. The molecule has 0 aromatic heterocycles. The van der Waals surface area contributed by atoms with Crippen LogP contribution in [0.4, 0.5) is 0 Å². The zero-order valence-electron chi connectivity index (χ0n) is 9.55. The summed E-state index contributed by atoms with van der Waals surface area (Å²) in [5.74, 6) is -0.478. The summed E-state index contributed by atoms with van der Waals surface area (Å²) in [6.45, 7) is 3.46. The van der Waals surface area contributed by atoms with Gasteiger partial charge in [-0.05, 0) is 11.6 Å². The highest BCUT2D eigenvalue weighted by atomic mass is 35.5. The van der Waals surface area contributed by atoms with Gasteiger partial charge in [0.15, 0.2) is 0 Å². The van der Waals surface area contributed by atoms with Gasteiger partial charge < -0.3 is 15.6 Å². The Hall–Kier alpha value is -1.52. The van der Waals surface area contributed by atoms with E-state index < -0.39 is 11.5 Å². The highest BCUT2D eigenvalue weighted by Gasteiger charge is 2.31. The molecular weight excluding hydrogens is 242 g/mol. The number of nitrogens with two attached hydrogens (primary N) is 1. The summed E-state index contributed by atoms with van der Waals surface area (Å²) >= 11 is 0. The molecule has 0 bridgehead atoms. The van der Waals surface area contributed by atoms with Gasteiger partial charge in [-0.25, -0.2) is 4.79 Å². The molecule has 0 saturated heterocycles. The van der Waals surface area contributed by atoms with Crippen molar-refractivity contribution in [2.24, 2.45) is 5.73 Å². The summed E-state index contributed by atoms with van der Waals surface area (Å²) in [6.07, 6.45) is 1.39. The van der Waals surface area contributed by atoms with E-state index >= 15 is 0 Å². The summed E-state index contributed by atoms with van der Waals surface area (Å²) in [4.78, 5) is 11.0. The van der Waals surface area contributed by atoms with Crippen LogP contribution in [-0.2, 0) is 11.2 Å². The van der Waals surface area contributed by atoms with Crippen LogP contribution in [0, 0.1) is 0 Å². The Morgan fingerprint density at radius 2 is 2.18 bits per heavy atom. The topological polar surface area (TPSA) is 72.5 Å². The van der Waals surface area contributed by atoms with Crippen LogP contribution in [0.3, 0.4) is 0 Å². The van der Waals surface area contributed by atoms with Crippen LogP contribution in [0.25, 0.3) is 0 Å². The Balaban J connectivity index is 0.00000256. The minimum atomic E-state index is -1.46. The molecule has 17 heavy (non-hydrogen) atoms. The summed E-state index contributed by atoms with van der Waals surface area (Å²) < 4.78 is 5.13. The standard InChI is InChI=1S/C12H15NO3.ClH/c1-3-12(13,11(14)15)8-9-6-4-5-7-10(9)16-2;/h3-7H,1,8,13H2,2H3,(H,14,15);1H. The average Bonchev–Trinajstić information content (AvgIpc) is 2.29. The molecule has 5 heteroatoms. The normalized spacial score (nSPS) is 13.1. The Labute approximate surface area is 106 Å². The molecule has 0 spiro atoms. The van der Waals surface area contributed by atoms with Gasteiger partial charge in [0.05, 0.1) is 7.11 Å². The number of halogens is 1. The number of carboxylic acids is 1. The minimum absolute atomic E-state index is 0. The highest BCUT2D eigenvalue weighted by Crippen LogP contribution is 2.22. The first-order valence-electron chi connectivity index (χ1n) is 4.81. The predicted octanol–water partition coefficient (Wildman–Crippen LogP) is 1.63. The smallest absolute Gasteiger partial charge is 0.328 e. The van der Waals surface area contributed by atoms with Crippen LogP contribution < -0.4 is 10.5 Å². The van der Waals surface area contributed by atoms with Crippen molar-refractivity contribution in [3.05, 3.63) is 42.5 Å². The van der Waals surface area contributed by atoms with Crippen molar-refractivity contribution in [2.75, 3.05) is 7.11 Å². The van der Waals surface area contributed by atoms with Gasteiger partial charge in [-0.3, -0.25) is 0 Å². The van der Waals surface area contributed by atoms with Crippen molar-refractivity contribution in [2.45, 2.75) is 12.0 Å². The van der Waals surface area contributed by atoms with E-state index in [0.717, 1.165) is 5.56 Å². The van der Waals surface area contributed by atoms with Gasteiger partial charge in [-0.1, -0.05) is 24.3 Å². The molecule has 0 fully saturated rings. The van der Waals surface area contributed by atoms with E-state index in [0.29, 0.717) is 5.75 Å². The number of hydrogen-bond donors (Lipinski definition) is 2. The zero-order chi connectivity index (χ0) is 12.2. The third-order valence-electron chi connectivity index (χ3n) is 2.44. The van der Waals surface area contributed by atoms with Gasteiger partial charge >= 0.3 is 5.97 Å². The number of hydrogen-bond acceptors (Lipinski definition) is 3. The molecule has 3 N–H and O–H groups in total. The van der Waals surface area contributed by atoms with Crippen molar-refractivity contribution in [1.29, 1.82) is 0 Å². The molecule has 1 rings (SSSR count). The Kier molecular flexibility index (Phi) is 5.71. The van der Waals surface area contributed by atoms with E-state index in [4.69, 9.17) is 15.6 Å². The lowest BCUT2D eigenvalue weighted by molar-refractivity contribution is -0.141. The fourth-order valence-corrected chi connectivity index (χ4v) is 1.40. The van der Waals surface area contributed by atoms with E-state index in [2.05, 4.69) is 6.58 Å². The first-order chi connectivity index (χ1) is 7.53. The number of carbonyl (C=O) groups is 1. The van der Waals surface area contributed by atoms with Crippen LogP contribution >= 0.6 is 12.4 Å². The monoisotopic (exact) mass is 257 g/mol. The van der Waals surface area contributed by atoms with Gasteiger partial charge in [0, 0.05) is 6.42 Å². The van der Waals surface area contributed by atoms with Gasteiger partial charge in [0.25, 0.3) is 0 Å². The largest absolute Gasteiger partial charge is 0.496 e. The quantitative estimate of drug-likeness (QED) is 0.787. The predicted molar refractivity (Wildman–Crippen MR) is 68.7 cm³/mol. The number of carboxylic acid groups (broad SMARTS) is 1. The molecule has 0 radical (unpaired) electrons. The molecular formula is C12H16ClNO3. The molecule has 1 unspecified atom stereocenters. The number of para-hydroxylation sites is 1. The molecule has 94 valence electrons. The van der Waals surface area contributed by atoms with Crippen molar-refractivity contribution < 1.29 is 14.6 Å². The van der Waals surface area contributed by atoms with E-state index in [-0.39, 0.29) is 18.8 Å². The minimum Gasteiger partial charge on any atom is -0.496 e. The second-order valence-electron chi connectivity index (χ2n) is 3.54. The van der Waals surface area contributed by atoms with Crippen molar-refractivity contribution in [3.8, 4) is 5.75 Å². The van der Waals surface area contributed by atoms with Crippen LogP contribution in [0.2, 0.25) is 0 Å². The first kappa shape index (κ1) is 15.5. The summed E-state index contributed by atoms with van der Waals surface area (Å²) in [5, 5.41) is 9.02. The van der Waals surface area contributed by atoms with Crippen molar-refractivity contribution >= 4 is 18.4 Å². The first-order valence-corrected chi connectivity index (χ1v) is 4.81. The van der Waals surface area contributed by atoms with Crippen LogP contribution in [-0.4, -0.2) is 23.7 Å². The zero-order valence-corrected chi connectivity index (χ0v) is 10.4. The molecule has 0 heterocycles. The van der Waals surface area contributed by atoms with E-state index in [9.17, 15) is 4.79 Å². The molecule has 0 saturated carbocycles. The van der Waals surface area contributed by atoms with Gasteiger partial charge in [0.1, 0.15) is 11.3 Å². The molecule has 0 aliphatic heterocycles. The molecule has 0 aliphatic carbocycles. The van der Waals surface area contributed by atoms with Crippen molar-refractivity contribution in [1.82, 2.24) is 0 Å².